The fraction of sp³-hybridized carbons (Fsp3) is 0.500. The van der Waals surface area contributed by atoms with Crippen molar-refractivity contribution < 1.29 is 13.2 Å². The maximum Gasteiger partial charge on any atom is 0.460 e. The molecule has 2 rings (SSSR count). The summed E-state index contributed by atoms with van der Waals surface area (Å²) in [5.74, 6) is 0. The molecule has 0 bridgehead atoms. The van der Waals surface area contributed by atoms with Crippen molar-refractivity contribution in [2.75, 3.05) is 0 Å². The zero-order valence-electron chi connectivity index (χ0n) is 9.09. The molecular weight excluding hydrogens is 215 g/mol. The number of nitrogens with zero attached hydrogens (tertiary/aromatic N) is 1. The SMILES string of the molecule is Cc1ccccc1CN(C1CC1)C(F)(F)F. The monoisotopic (exact) mass is 229 g/mol. The van der Waals surface area contributed by atoms with Crippen molar-refractivity contribution in [2.45, 2.75) is 38.7 Å². The lowest BCUT2D eigenvalue weighted by Gasteiger charge is -2.25. The molecule has 0 aromatic heterocycles. The summed E-state index contributed by atoms with van der Waals surface area (Å²) < 4.78 is 38.3. The van der Waals surface area contributed by atoms with Crippen LogP contribution < -0.4 is 0 Å². The van der Waals surface area contributed by atoms with Gasteiger partial charge in [-0.05, 0) is 30.9 Å². The third kappa shape index (κ3) is 2.55. The smallest absolute Gasteiger partial charge is 0.207 e. The zero-order chi connectivity index (χ0) is 11.8. The van der Waals surface area contributed by atoms with Gasteiger partial charge in [0.15, 0.2) is 0 Å². The second-order valence-corrected chi connectivity index (χ2v) is 4.25. The fourth-order valence-corrected chi connectivity index (χ4v) is 1.78. The van der Waals surface area contributed by atoms with E-state index in [1.54, 1.807) is 12.1 Å². The Balaban J connectivity index is 2.15. The molecule has 1 fully saturated rings. The van der Waals surface area contributed by atoms with Crippen molar-refractivity contribution in [2.24, 2.45) is 0 Å². The van der Waals surface area contributed by atoms with Crippen LogP contribution >= 0.6 is 0 Å². The molecule has 4 heteroatoms. The molecule has 1 nitrogen and oxygen atoms in total. The molecule has 1 aromatic carbocycles. The van der Waals surface area contributed by atoms with Crippen molar-refractivity contribution in [1.82, 2.24) is 4.90 Å². The second kappa shape index (κ2) is 4.09. The summed E-state index contributed by atoms with van der Waals surface area (Å²) >= 11 is 0. The van der Waals surface area contributed by atoms with E-state index in [4.69, 9.17) is 0 Å². The van der Waals surface area contributed by atoms with E-state index >= 15 is 0 Å². The largest absolute Gasteiger partial charge is 0.460 e. The lowest BCUT2D eigenvalue weighted by Crippen LogP contribution is -2.39. The van der Waals surface area contributed by atoms with Gasteiger partial charge in [-0.15, -0.1) is 0 Å². The molecule has 0 N–H and O–H groups in total. The van der Waals surface area contributed by atoms with Gasteiger partial charge in [0.05, 0.1) is 0 Å². The third-order valence-electron chi connectivity index (χ3n) is 2.92. The highest BCUT2D eigenvalue weighted by atomic mass is 19.4. The van der Waals surface area contributed by atoms with Crippen LogP contribution in [0, 0.1) is 6.92 Å². The van der Waals surface area contributed by atoms with E-state index in [1.165, 1.54) is 0 Å². The summed E-state index contributed by atoms with van der Waals surface area (Å²) in [6.45, 7) is 1.82. The predicted molar refractivity (Wildman–Crippen MR) is 55.8 cm³/mol. The zero-order valence-corrected chi connectivity index (χ0v) is 9.09. The Labute approximate surface area is 92.9 Å². The Hall–Kier alpha value is -1.03. The quantitative estimate of drug-likeness (QED) is 0.717. The second-order valence-electron chi connectivity index (χ2n) is 4.25. The number of rotatable bonds is 3. The van der Waals surface area contributed by atoms with Crippen molar-refractivity contribution in [3.05, 3.63) is 35.4 Å². The maximum absolute atomic E-state index is 12.8. The first-order valence-corrected chi connectivity index (χ1v) is 5.36. The number of halogens is 3. The summed E-state index contributed by atoms with van der Waals surface area (Å²) in [5.41, 5.74) is 1.67. The van der Waals surface area contributed by atoms with Crippen molar-refractivity contribution in [3.63, 3.8) is 0 Å². The van der Waals surface area contributed by atoms with Crippen LogP contribution in [0.1, 0.15) is 24.0 Å². The van der Waals surface area contributed by atoms with Crippen LogP contribution in [0.2, 0.25) is 0 Å². The van der Waals surface area contributed by atoms with Crippen LogP contribution in [0.4, 0.5) is 13.2 Å². The average molecular weight is 229 g/mol. The van der Waals surface area contributed by atoms with E-state index in [2.05, 4.69) is 0 Å². The Bertz CT molecular complexity index is 369. The molecule has 0 amide bonds. The minimum Gasteiger partial charge on any atom is -0.207 e. The van der Waals surface area contributed by atoms with Gasteiger partial charge in [-0.1, -0.05) is 24.3 Å². The Kier molecular flexibility index (Phi) is 2.93. The van der Waals surface area contributed by atoms with E-state index in [0.717, 1.165) is 11.1 Å². The van der Waals surface area contributed by atoms with Crippen molar-refractivity contribution in [3.8, 4) is 0 Å². The lowest BCUT2D eigenvalue weighted by molar-refractivity contribution is -0.253. The van der Waals surface area contributed by atoms with Gasteiger partial charge in [0, 0.05) is 12.6 Å². The van der Waals surface area contributed by atoms with Crippen molar-refractivity contribution >= 4 is 0 Å². The number of aryl methyl sites for hydroxylation is 1. The van der Waals surface area contributed by atoms with E-state index in [-0.39, 0.29) is 12.6 Å². The molecule has 0 radical (unpaired) electrons. The fourth-order valence-electron chi connectivity index (χ4n) is 1.78. The number of hydrogen-bond donors (Lipinski definition) is 0. The van der Waals surface area contributed by atoms with Gasteiger partial charge in [-0.25, -0.2) is 4.90 Å². The number of alkyl halides is 3. The van der Waals surface area contributed by atoms with Crippen LogP contribution in [0.15, 0.2) is 24.3 Å². The molecule has 1 saturated carbocycles. The molecule has 16 heavy (non-hydrogen) atoms. The van der Waals surface area contributed by atoms with Crippen LogP contribution in [-0.4, -0.2) is 17.2 Å². The molecule has 0 aliphatic heterocycles. The highest BCUT2D eigenvalue weighted by Gasteiger charge is 2.46. The number of benzene rings is 1. The standard InChI is InChI=1S/C12H14F3N/c1-9-4-2-3-5-10(9)8-16(11-6-7-11)12(13,14)15/h2-5,11H,6-8H2,1H3. The highest BCUT2D eigenvalue weighted by molar-refractivity contribution is 5.25. The van der Waals surface area contributed by atoms with Gasteiger partial charge in [-0.2, -0.15) is 13.2 Å². The normalized spacial score (nSPS) is 16.8. The van der Waals surface area contributed by atoms with Gasteiger partial charge in [-0.3, -0.25) is 0 Å². The van der Waals surface area contributed by atoms with Crippen LogP contribution in [-0.2, 0) is 6.54 Å². The first-order valence-electron chi connectivity index (χ1n) is 5.36. The molecule has 0 saturated heterocycles. The molecule has 1 aliphatic rings. The molecule has 0 heterocycles. The van der Waals surface area contributed by atoms with Crippen LogP contribution in [0.5, 0.6) is 0 Å². The minimum atomic E-state index is -4.22. The molecule has 88 valence electrons. The van der Waals surface area contributed by atoms with Gasteiger partial charge < -0.3 is 0 Å². The Morgan fingerprint density at radius 2 is 1.88 bits per heavy atom. The first-order chi connectivity index (χ1) is 7.48. The van der Waals surface area contributed by atoms with Gasteiger partial charge in [0.25, 0.3) is 0 Å². The summed E-state index contributed by atoms with van der Waals surface area (Å²) in [4.78, 5) is 0.648. The summed E-state index contributed by atoms with van der Waals surface area (Å²) in [6, 6.07) is 6.92. The Morgan fingerprint density at radius 1 is 1.25 bits per heavy atom. The highest BCUT2D eigenvalue weighted by Crippen LogP contribution is 2.37. The summed E-state index contributed by atoms with van der Waals surface area (Å²) in [7, 11) is 0. The molecule has 0 atom stereocenters. The van der Waals surface area contributed by atoms with E-state index < -0.39 is 6.30 Å². The topological polar surface area (TPSA) is 3.24 Å². The first kappa shape index (κ1) is 11.5. The molecule has 1 aromatic rings. The lowest BCUT2D eigenvalue weighted by atomic mass is 10.1. The number of hydrogen-bond acceptors (Lipinski definition) is 1. The molecule has 1 aliphatic carbocycles. The van der Waals surface area contributed by atoms with Gasteiger partial charge >= 0.3 is 6.30 Å². The van der Waals surface area contributed by atoms with E-state index in [1.807, 2.05) is 19.1 Å². The maximum atomic E-state index is 12.8. The van der Waals surface area contributed by atoms with Crippen LogP contribution in [0.3, 0.4) is 0 Å². The van der Waals surface area contributed by atoms with E-state index in [0.29, 0.717) is 17.7 Å². The third-order valence-corrected chi connectivity index (χ3v) is 2.92. The predicted octanol–water partition coefficient (Wildman–Crippen LogP) is 3.48. The van der Waals surface area contributed by atoms with Crippen molar-refractivity contribution in [1.29, 1.82) is 0 Å². The summed E-state index contributed by atoms with van der Waals surface area (Å²) in [6.07, 6.45) is -2.90. The molecular formula is C12H14F3N. The average Bonchev–Trinajstić information content (AvgIpc) is 2.98. The van der Waals surface area contributed by atoms with Gasteiger partial charge in [0.2, 0.25) is 0 Å². The summed E-state index contributed by atoms with van der Waals surface area (Å²) in [5, 5.41) is 0. The minimum absolute atomic E-state index is 0.0269. The van der Waals surface area contributed by atoms with Crippen LogP contribution in [0.25, 0.3) is 0 Å². The molecule has 0 spiro atoms. The Morgan fingerprint density at radius 3 is 2.38 bits per heavy atom. The molecule has 0 unspecified atom stereocenters. The van der Waals surface area contributed by atoms with E-state index in [9.17, 15) is 13.2 Å². The van der Waals surface area contributed by atoms with Gasteiger partial charge in [0.1, 0.15) is 0 Å².